The first-order valence-electron chi connectivity index (χ1n) is 5.50. The van der Waals surface area contributed by atoms with Gasteiger partial charge in [0.2, 0.25) is 0 Å². The first-order valence-corrected chi connectivity index (χ1v) is 7.78. The quantitative estimate of drug-likeness (QED) is 0.883. The fraction of sp³-hybridized carbons (Fsp3) is 0.0833. The highest BCUT2D eigenvalue weighted by molar-refractivity contribution is 9.10. The summed E-state index contributed by atoms with van der Waals surface area (Å²) in [5.74, 6) is 0.0595. The highest BCUT2D eigenvalue weighted by Gasteiger charge is 2.30. The molecule has 1 aromatic heterocycles. The van der Waals surface area contributed by atoms with E-state index in [1.54, 1.807) is 6.07 Å². The van der Waals surface area contributed by atoms with Crippen LogP contribution < -0.4 is 4.72 Å². The van der Waals surface area contributed by atoms with Crippen molar-refractivity contribution in [3.63, 3.8) is 0 Å². The molecule has 0 amide bonds. The summed E-state index contributed by atoms with van der Waals surface area (Å²) in [6, 6.07) is 6.25. The number of hydrogen-bond donors (Lipinski definition) is 1. The summed E-state index contributed by atoms with van der Waals surface area (Å²) in [5, 5.41) is 0. The molecule has 1 N–H and O–H groups in total. The van der Waals surface area contributed by atoms with E-state index in [2.05, 4.69) is 25.6 Å². The lowest BCUT2D eigenvalue weighted by molar-refractivity contribution is -0.137. The molecule has 0 aliphatic carbocycles. The summed E-state index contributed by atoms with van der Waals surface area (Å²) in [7, 11) is -3.99. The molecule has 0 saturated heterocycles. The van der Waals surface area contributed by atoms with E-state index in [4.69, 9.17) is 0 Å². The molecule has 0 radical (unpaired) electrons. The lowest BCUT2D eigenvalue weighted by atomic mass is 10.2. The molecule has 112 valence electrons. The third-order valence-electron chi connectivity index (χ3n) is 2.45. The van der Waals surface area contributed by atoms with Crippen molar-refractivity contribution in [1.29, 1.82) is 0 Å². The van der Waals surface area contributed by atoms with Gasteiger partial charge >= 0.3 is 6.18 Å². The van der Waals surface area contributed by atoms with Crippen LogP contribution in [0.1, 0.15) is 5.56 Å². The van der Waals surface area contributed by atoms with Crippen molar-refractivity contribution in [3.05, 3.63) is 52.6 Å². The zero-order chi connectivity index (χ0) is 15.7. The van der Waals surface area contributed by atoms with Crippen molar-refractivity contribution < 1.29 is 21.6 Å². The molecular weight excluding hydrogens is 373 g/mol. The smallest absolute Gasteiger partial charge is 0.263 e. The molecule has 0 atom stereocenters. The molecule has 9 heteroatoms. The Morgan fingerprint density at radius 3 is 2.24 bits per heavy atom. The van der Waals surface area contributed by atoms with Crippen LogP contribution in [0, 0.1) is 0 Å². The maximum atomic E-state index is 12.4. The Morgan fingerprint density at radius 2 is 1.71 bits per heavy atom. The van der Waals surface area contributed by atoms with Crippen molar-refractivity contribution >= 4 is 31.8 Å². The van der Waals surface area contributed by atoms with Gasteiger partial charge < -0.3 is 0 Å². The number of rotatable bonds is 3. The van der Waals surface area contributed by atoms with E-state index in [1.165, 1.54) is 12.3 Å². The third kappa shape index (κ3) is 3.94. The first kappa shape index (κ1) is 15.8. The number of pyridine rings is 1. The predicted octanol–water partition coefficient (Wildman–Crippen LogP) is 3.66. The number of benzene rings is 1. The fourth-order valence-electron chi connectivity index (χ4n) is 1.48. The molecule has 1 aromatic carbocycles. The van der Waals surface area contributed by atoms with Crippen LogP contribution in [-0.4, -0.2) is 13.4 Å². The van der Waals surface area contributed by atoms with Crippen LogP contribution in [0.5, 0.6) is 0 Å². The van der Waals surface area contributed by atoms with E-state index in [1.807, 2.05) is 0 Å². The van der Waals surface area contributed by atoms with Gasteiger partial charge in [0.25, 0.3) is 10.0 Å². The largest absolute Gasteiger partial charge is 0.416 e. The van der Waals surface area contributed by atoms with Crippen LogP contribution in [0.2, 0.25) is 0 Å². The maximum Gasteiger partial charge on any atom is 0.416 e. The Bertz CT molecular complexity index is 746. The van der Waals surface area contributed by atoms with Gasteiger partial charge in [0.15, 0.2) is 0 Å². The SMILES string of the molecule is O=S(=O)(Nc1cc(Br)ccn1)c1ccc(C(F)(F)F)cc1. The van der Waals surface area contributed by atoms with E-state index < -0.39 is 21.8 Å². The average Bonchev–Trinajstić information content (AvgIpc) is 2.37. The summed E-state index contributed by atoms with van der Waals surface area (Å²) in [6.45, 7) is 0. The van der Waals surface area contributed by atoms with Crippen LogP contribution in [0.4, 0.5) is 19.0 Å². The van der Waals surface area contributed by atoms with Crippen molar-refractivity contribution in [2.24, 2.45) is 0 Å². The topological polar surface area (TPSA) is 59.1 Å². The van der Waals surface area contributed by atoms with Crippen LogP contribution in [-0.2, 0) is 16.2 Å². The second-order valence-electron chi connectivity index (χ2n) is 3.99. The molecule has 0 bridgehead atoms. The van der Waals surface area contributed by atoms with E-state index in [0.29, 0.717) is 16.6 Å². The van der Waals surface area contributed by atoms with E-state index >= 15 is 0 Å². The van der Waals surface area contributed by atoms with E-state index in [-0.39, 0.29) is 10.7 Å². The van der Waals surface area contributed by atoms with Crippen molar-refractivity contribution in [3.8, 4) is 0 Å². The second kappa shape index (κ2) is 5.64. The number of alkyl halides is 3. The van der Waals surface area contributed by atoms with E-state index in [0.717, 1.165) is 12.1 Å². The van der Waals surface area contributed by atoms with Crippen LogP contribution >= 0.6 is 15.9 Å². The lowest BCUT2D eigenvalue weighted by Crippen LogP contribution is -2.14. The molecule has 0 spiro atoms. The van der Waals surface area contributed by atoms with Crippen LogP contribution in [0.15, 0.2) is 52.0 Å². The third-order valence-corrected chi connectivity index (χ3v) is 4.32. The minimum atomic E-state index is -4.51. The predicted molar refractivity (Wildman–Crippen MR) is 74.2 cm³/mol. The van der Waals surface area contributed by atoms with E-state index in [9.17, 15) is 21.6 Å². The number of nitrogens with zero attached hydrogens (tertiary/aromatic N) is 1. The number of halogens is 4. The van der Waals surface area contributed by atoms with Crippen molar-refractivity contribution in [2.75, 3.05) is 4.72 Å². The van der Waals surface area contributed by atoms with Gasteiger partial charge in [0.05, 0.1) is 10.5 Å². The van der Waals surface area contributed by atoms with Gasteiger partial charge in [0, 0.05) is 10.7 Å². The summed E-state index contributed by atoms with van der Waals surface area (Å²) in [5.41, 5.74) is -0.915. The summed E-state index contributed by atoms with van der Waals surface area (Å²) >= 11 is 3.16. The number of aromatic nitrogens is 1. The summed E-state index contributed by atoms with van der Waals surface area (Å²) in [6.07, 6.45) is -3.13. The Hall–Kier alpha value is -1.61. The lowest BCUT2D eigenvalue weighted by Gasteiger charge is -2.09. The number of anilines is 1. The summed E-state index contributed by atoms with van der Waals surface area (Å²) in [4.78, 5) is 3.53. The molecule has 4 nitrogen and oxygen atoms in total. The van der Waals surface area contributed by atoms with Gasteiger partial charge in [-0.1, -0.05) is 15.9 Å². The zero-order valence-electron chi connectivity index (χ0n) is 10.2. The van der Waals surface area contributed by atoms with Crippen molar-refractivity contribution in [2.45, 2.75) is 11.1 Å². The van der Waals surface area contributed by atoms with Gasteiger partial charge in [-0.25, -0.2) is 13.4 Å². The molecule has 0 fully saturated rings. The molecule has 0 unspecified atom stereocenters. The summed E-state index contributed by atoms with van der Waals surface area (Å²) < 4.78 is 64.1. The molecule has 2 rings (SSSR count). The highest BCUT2D eigenvalue weighted by atomic mass is 79.9. The molecule has 0 aliphatic rings. The fourth-order valence-corrected chi connectivity index (χ4v) is 2.81. The number of hydrogen-bond acceptors (Lipinski definition) is 3. The van der Waals surface area contributed by atoms with Gasteiger partial charge in [0.1, 0.15) is 5.82 Å². The highest BCUT2D eigenvalue weighted by Crippen LogP contribution is 2.30. The standard InChI is InChI=1S/C12H8BrF3N2O2S/c13-9-5-6-17-11(7-9)18-21(19,20)10-3-1-8(2-4-10)12(14,15)16/h1-7H,(H,17,18). The molecule has 1 heterocycles. The van der Waals surface area contributed by atoms with Gasteiger partial charge in [-0.3, -0.25) is 4.72 Å². The Morgan fingerprint density at radius 1 is 1.10 bits per heavy atom. The zero-order valence-corrected chi connectivity index (χ0v) is 12.6. The van der Waals surface area contributed by atoms with Gasteiger partial charge in [-0.15, -0.1) is 0 Å². The normalized spacial score (nSPS) is 12.2. The Balaban J connectivity index is 2.28. The first-order chi connectivity index (χ1) is 9.68. The van der Waals surface area contributed by atoms with Crippen LogP contribution in [0.3, 0.4) is 0 Å². The minimum absolute atomic E-state index is 0.0595. The van der Waals surface area contributed by atoms with Gasteiger partial charge in [-0.05, 0) is 36.4 Å². The minimum Gasteiger partial charge on any atom is -0.263 e. The number of sulfonamides is 1. The monoisotopic (exact) mass is 380 g/mol. The molecular formula is C12H8BrF3N2O2S. The average molecular weight is 381 g/mol. The van der Waals surface area contributed by atoms with Crippen molar-refractivity contribution in [1.82, 2.24) is 4.98 Å². The molecule has 0 saturated carbocycles. The molecule has 0 aliphatic heterocycles. The Labute approximate surface area is 127 Å². The second-order valence-corrected chi connectivity index (χ2v) is 6.59. The van der Waals surface area contributed by atoms with Gasteiger partial charge in [-0.2, -0.15) is 13.2 Å². The maximum absolute atomic E-state index is 12.4. The molecule has 2 aromatic rings. The molecule has 21 heavy (non-hydrogen) atoms. The van der Waals surface area contributed by atoms with Crippen LogP contribution in [0.25, 0.3) is 0 Å². The number of nitrogens with one attached hydrogen (secondary N) is 1. The Kier molecular flexibility index (Phi) is 4.24.